The number of methoxy groups -OCH3 is 3. The van der Waals surface area contributed by atoms with E-state index in [1.807, 2.05) is 12.1 Å². The first kappa shape index (κ1) is 25.6. The minimum Gasteiger partial charge on any atom is -0.497 e. The Morgan fingerprint density at radius 2 is 1.74 bits per heavy atom. The maximum absolute atomic E-state index is 11.7. The highest BCUT2D eigenvalue weighted by Gasteiger charge is 2.47. The van der Waals surface area contributed by atoms with Gasteiger partial charge in [0.05, 0.1) is 33.0 Å². The molecular weight excluding hydrogens is 452 g/mol. The van der Waals surface area contributed by atoms with E-state index < -0.39 is 24.0 Å². The smallest absolute Gasteiger partial charge is 0.126 e. The zero-order chi connectivity index (χ0) is 24.9. The van der Waals surface area contributed by atoms with Gasteiger partial charge in [-0.15, -0.1) is 0 Å². The van der Waals surface area contributed by atoms with Gasteiger partial charge in [0.2, 0.25) is 0 Å². The fourth-order valence-corrected chi connectivity index (χ4v) is 5.29. The Kier molecular flexibility index (Phi) is 8.38. The van der Waals surface area contributed by atoms with Crippen LogP contribution in [0.3, 0.4) is 0 Å². The summed E-state index contributed by atoms with van der Waals surface area (Å²) in [5.41, 5.74) is 2.20. The molecule has 2 aliphatic heterocycles. The molecule has 2 aliphatic rings. The fraction of sp³-hybridized carbons (Fsp3) is 0.556. The van der Waals surface area contributed by atoms with Crippen LogP contribution in [0.2, 0.25) is 0 Å². The largest absolute Gasteiger partial charge is 0.497 e. The van der Waals surface area contributed by atoms with Gasteiger partial charge in [-0.25, -0.2) is 0 Å². The molecule has 0 saturated carbocycles. The van der Waals surface area contributed by atoms with Gasteiger partial charge in [-0.1, -0.05) is 0 Å². The lowest BCUT2D eigenvalue weighted by molar-refractivity contribution is -0.0888. The van der Waals surface area contributed by atoms with Gasteiger partial charge < -0.3 is 39.0 Å². The summed E-state index contributed by atoms with van der Waals surface area (Å²) in [4.78, 5) is 0. The van der Waals surface area contributed by atoms with Crippen molar-refractivity contribution in [2.75, 3.05) is 41.2 Å². The first-order chi connectivity index (χ1) is 17.0. The van der Waals surface area contributed by atoms with Crippen LogP contribution in [0, 0.1) is 11.8 Å². The molecular formula is C27H36O8. The van der Waals surface area contributed by atoms with Crippen molar-refractivity contribution in [1.82, 2.24) is 0 Å². The van der Waals surface area contributed by atoms with Crippen molar-refractivity contribution in [3.8, 4) is 23.0 Å². The first-order valence-electron chi connectivity index (χ1n) is 12.2. The summed E-state index contributed by atoms with van der Waals surface area (Å²) in [5, 5.41) is 32.3. The Balaban J connectivity index is 1.69. The van der Waals surface area contributed by atoms with Crippen LogP contribution in [0.5, 0.6) is 23.0 Å². The minimum absolute atomic E-state index is 0.0806. The lowest BCUT2D eigenvalue weighted by Crippen LogP contribution is -2.46. The van der Waals surface area contributed by atoms with Crippen LogP contribution in [-0.4, -0.2) is 62.6 Å². The number of aliphatic hydroxyl groups excluding tert-OH is 3. The van der Waals surface area contributed by atoms with Crippen molar-refractivity contribution >= 4 is 0 Å². The average molecular weight is 489 g/mol. The second-order valence-corrected chi connectivity index (χ2v) is 9.17. The van der Waals surface area contributed by atoms with Gasteiger partial charge in [0.15, 0.2) is 0 Å². The molecule has 0 bridgehead atoms. The number of hydrogen-bond acceptors (Lipinski definition) is 8. The van der Waals surface area contributed by atoms with Crippen molar-refractivity contribution in [3.05, 3.63) is 47.0 Å². The predicted molar refractivity (Wildman–Crippen MR) is 129 cm³/mol. The third kappa shape index (κ3) is 5.21. The summed E-state index contributed by atoms with van der Waals surface area (Å²) in [5.74, 6) is 1.69. The zero-order valence-corrected chi connectivity index (χ0v) is 20.6. The maximum Gasteiger partial charge on any atom is 0.126 e. The van der Waals surface area contributed by atoms with E-state index >= 15 is 0 Å². The molecule has 0 aromatic heterocycles. The second-order valence-electron chi connectivity index (χ2n) is 9.17. The second kappa shape index (κ2) is 11.5. The summed E-state index contributed by atoms with van der Waals surface area (Å²) in [7, 11) is 4.83. The number of fused-ring (bicyclic) bond motifs is 2. The van der Waals surface area contributed by atoms with Gasteiger partial charge in [0.1, 0.15) is 29.1 Å². The molecule has 5 atom stereocenters. The summed E-state index contributed by atoms with van der Waals surface area (Å²) >= 11 is 0. The highest BCUT2D eigenvalue weighted by Crippen LogP contribution is 2.50. The monoisotopic (exact) mass is 488 g/mol. The number of hydrogen-bond donors (Lipinski definition) is 3. The molecule has 0 saturated heterocycles. The van der Waals surface area contributed by atoms with Gasteiger partial charge in [0.25, 0.3) is 0 Å². The van der Waals surface area contributed by atoms with E-state index in [4.69, 9.17) is 23.7 Å². The van der Waals surface area contributed by atoms with E-state index in [1.165, 1.54) is 0 Å². The number of aryl methyl sites for hydroxylation is 1. The molecule has 8 nitrogen and oxygen atoms in total. The SMILES string of the molecule is COCCC[C@H]1Oc2cc(CCCO)c(OC)cc2[C@H](O)[C@@H]1[C@H]1COc2ccc(OC)cc2[C@H]1O. The molecule has 2 aromatic carbocycles. The number of aliphatic hydroxyl groups is 3. The Hall–Kier alpha value is -2.52. The van der Waals surface area contributed by atoms with Crippen molar-refractivity contribution < 1.29 is 39.0 Å². The van der Waals surface area contributed by atoms with E-state index in [2.05, 4.69) is 0 Å². The molecule has 192 valence electrons. The molecule has 2 heterocycles. The van der Waals surface area contributed by atoms with Crippen LogP contribution in [0.1, 0.15) is 48.2 Å². The van der Waals surface area contributed by atoms with Gasteiger partial charge in [-0.05, 0) is 61.6 Å². The predicted octanol–water partition coefficient (Wildman–Crippen LogP) is 3.21. The summed E-state index contributed by atoms with van der Waals surface area (Å²) in [6.45, 7) is 0.911. The zero-order valence-electron chi connectivity index (χ0n) is 20.6. The maximum atomic E-state index is 11.7. The summed E-state index contributed by atoms with van der Waals surface area (Å²) < 4.78 is 28.7. The molecule has 0 fully saturated rings. The Morgan fingerprint density at radius 1 is 0.943 bits per heavy atom. The molecule has 2 aromatic rings. The van der Waals surface area contributed by atoms with E-state index in [0.717, 1.165) is 12.0 Å². The van der Waals surface area contributed by atoms with Crippen LogP contribution in [-0.2, 0) is 11.2 Å². The van der Waals surface area contributed by atoms with Crippen LogP contribution < -0.4 is 18.9 Å². The quantitative estimate of drug-likeness (QED) is 0.438. The van der Waals surface area contributed by atoms with Crippen molar-refractivity contribution in [2.45, 2.75) is 44.0 Å². The van der Waals surface area contributed by atoms with Gasteiger partial charge in [0, 0.05) is 43.3 Å². The molecule has 0 aliphatic carbocycles. The summed E-state index contributed by atoms with van der Waals surface area (Å²) in [6, 6.07) is 9.10. The van der Waals surface area contributed by atoms with Crippen LogP contribution in [0.15, 0.2) is 30.3 Å². The Labute approximate surface area is 206 Å². The van der Waals surface area contributed by atoms with E-state index in [-0.39, 0.29) is 19.3 Å². The van der Waals surface area contributed by atoms with Crippen molar-refractivity contribution in [3.63, 3.8) is 0 Å². The molecule has 0 unspecified atom stereocenters. The van der Waals surface area contributed by atoms with Gasteiger partial charge in [-0.3, -0.25) is 0 Å². The third-order valence-electron chi connectivity index (χ3n) is 7.11. The Morgan fingerprint density at radius 3 is 2.46 bits per heavy atom. The van der Waals surface area contributed by atoms with Crippen LogP contribution in [0.4, 0.5) is 0 Å². The van der Waals surface area contributed by atoms with Crippen molar-refractivity contribution in [1.29, 1.82) is 0 Å². The first-order valence-corrected chi connectivity index (χ1v) is 12.2. The molecule has 8 heteroatoms. The lowest BCUT2D eigenvalue weighted by atomic mass is 9.73. The van der Waals surface area contributed by atoms with Crippen molar-refractivity contribution in [2.24, 2.45) is 11.8 Å². The third-order valence-corrected chi connectivity index (χ3v) is 7.11. The standard InChI is InChI=1S/C27H36O8/c1-31-11-5-7-22-25(20-15-34-21-9-8-17(32-2)13-18(21)26(20)29)27(30)19-14-23(33-3)16(6-4-10-28)12-24(19)35-22/h8-9,12-14,20,22,25-30H,4-7,10-11,15H2,1-3H3/t20-,22-,25-,26-,27+/m1/s1. The van der Waals surface area contributed by atoms with E-state index in [9.17, 15) is 15.3 Å². The molecule has 0 radical (unpaired) electrons. The van der Waals surface area contributed by atoms with E-state index in [1.54, 1.807) is 39.5 Å². The molecule has 4 rings (SSSR count). The topological polar surface area (TPSA) is 107 Å². The molecule has 0 amide bonds. The number of ether oxygens (including phenoxy) is 5. The number of benzene rings is 2. The molecule has 35 heavy (non-hydrogen) atoms. The lowest BCUT2D eigenvalue weighted by Gasteiger charge is -2.44. The van der Waals surface area contributed by atoms with E-state index in [0.29, 0.717) is 60.0 Å². The Bertz CT molecular complexity index is 993. The highest BCUT2D eigenvalue weighted by molar-refractivity contribution is 5.49. The molecule has 3 N–H and O–H groups in total. The van der Waals surface area contributed by atoms with Gasteiger partial charge >= 0.3 is 0 Å². The van der Waals surface area contributed by atoms with Crippen LogP contribution >= 0.6 is 0 Å². The number of rotatable bonds is 10. The average Bonchev–Trinajstić information content (AvgIpc) is 2.88. The molecule has 0 spiro atoms. The highest BCUT2D eigenvalue weighted by atomic mass is 16.5. The normalized spacial score (nSPS) is 25.1. The fourth-order valence-electron chi connectivity index (χ4n) is 5.29. The van der Waals surface area contributed by atoms with Crippen LogP contribution in [0.25, 0.3) is 0 Å². The summed E-state index contributed by atoms with van der Waals surface area (Å²) in [6.07, 6.45) is 0.561. The van der Waals surface area contributed by atoms with Gasteiger partial charge in [-0.2, -0.15) is 0 Å². The minimum atomic E-state index is -0.887.